The van der Waals surface area contributed by atoms with Crippen LogP contribution in [0.3, 0.4) is 0 Å². The van der Waals surface area contributed by atoms with E-state index in [1.165, 1.54) is 12.8 Å². The summed E-state index contributed by atoms with van der Waals surface area (Å²) in [6.07, 6.45) is 4.54. The van der Waals surface area contributed by atoms with E-state index in [9.17, 15) is 14.7 Å². The smallest absolute Gasteiger partial charge is 0.228 e. The summed E-state index contributed by atoms with van der Waals surface area (Å²) < 4.78 is 0. The van der Waals surface area contributed by atoms with Gasteiger partial charge in [-0.15, -0.1) is 0 Å². The molecule has 1 unspecified atom stereocenters. The van der Waals surface area contributed by atoms with E-state index in [1.807, 2.05) is 4.90 Å². The van der Waals surface area contributed by atoms with Crippen molar-refractivity contribution in [1.29, 1.82) is 0 Å². The van der Waals surface area contributed by atoms with Gasteiger partial charge in [-0.05, 0) is 31.6 Å². The van der Waals surface area contributed by atoms with Crippen molar-refractivity contribution in [3.05, 3.63) is 0 Å². The average Bonchev–Trinajstić information content (AvgIpc) is 3.21. The Bertz CT molecular complexity index is 378. The number of hydrogen-bond acceptors (Lipinski definition) is 3. The molecule has 2 aliphatic rings. The summed E-state index contributed by atoms with van der Waals surface area (Å²) in [5.74, 6) is 0.608. The van der Waals surface area contributed by atoms with Crippen LogP contribution < -0.4 is 0 Å². The Labute approximate surface area is 127 Å². The van der Waals surface area contributed by atoms with Gasteiger partial charge in [-0.3, -0.25) is 9.59 Å². The normalized spacial score (nSPS) is 22.2. The summed E-state index contributed by atoms with van der Waals surface area (Å²) in [6, 6.07) is 0.164. The Morgan fingerprint density at radius 2 is 2.05 bits per heavy atom. The molecule has 1 N–H and O–H groups in total. The molecule has 1 heterocycles. The van der Waals surface area contributed by atoms with Crippen molar-refractivity contribution < 1.29 is 14.7 Å². The molecule has 1 aliphatic carbocycles. The fourth-order valence-electron chi connectivity index (χ4n) is 3.27. The van der Waals surface area contributed by atoms with Crippen molar-refractivity contribution in [1.82, 2.24) is 9.80 Å². The van der Waals surface area contributed by atoms with Crippen molar-refractivity contribution in [3.63, 3.8) is 0 Å². The monoisotopic (exact) mass is 296 g/mol. The zero-order valence-electron chi connectivity index (χ0n) is 13.3. The summed E-state index contributed by atoms with van der Waals surface area (Å²) in [5, 5.41) is 9.23. The van der Waals surface area contributed by atoms with Gasteiger partial charge in [-0.2, -0.15) is 0 Å². The molecule has 21 heavy (non-hydrogen) atoms. The lowest BCUT2D eigenvalue weighted by Crippen LogP contribution is -2.45. The van der Waals surface area contributed by atoms with Gasteiger partial charge in [0.05, 0.1) is 12.5 Å². The van der Waals surface area contributed by atoms with Crippen LogP contribution in [0.15, 0.2) is 0 Å². The zero-order chi connectivity index (χ0) is 15.4. The van der Waals surface area contributed by atoms with Crippen LogP contribution in [0.4, 0.5) is 0 Å². The fourth-order valence-corrected chi connectivity index (χ4v) is 3.27. The molecule has 1 atom stereocenters. The molecule has 0 radical (unpaired) electrons. The van der Waals surface area contributed by atoms with E-state index in [0.717, 1.165) is 19.4 Å². The van der Waals surface area contributed by atoms with Gasteiger partial charge in [0, 0.05) is 32.1 Å². The third-order valence-corrected chi connectivity index (χ3v) is 4.75. The summed E-state index contributed by atoms with van der Waals surface area (Å²) in [6.45, 7) is 5.87. The highest BCUT2D eigenvalue weighted by atomic mass is 16.3. The average molecular weight is 296 g/mol. The molecule has 120 valence electrons. The van der Waals surface area contributed by atoms with Crippen LogP contribution in [0.5, 0.6) is 0 Å². The predicted molar refractivity (Wildman–Crippen MR) is 80.6 cm³/mol. The lowest BCUT2D eigenvalue weighted by molar-refractivity contribution is -0.138. The first-order valence-corrected chi connectivity index (χ1v) is 8.29. The van der Waals surface area contributed by atoms with Crippen LogP contribution in [0.25, 0.3) is 0 Å². The van der Waals surface area contributed by atoms with Gasteiger partial charge in [-0.1, -0.05) is 13.8 Å². The molecule has 0 aromatic carbocycles. The Kier molecular flexibility index (Phi) is 5.62. The van der Waals surface area contributed by atoms with E-state index in [-0.39, 0.29) is 30.4 Å². The van der Waals surface area contributed by atoms with Crippen molar-refractivity contribution >= 4 is 11.8 Å². The molecule has 1 saturated heterocycles. The summed E-state index contributed by atoms with van der Waals surface area (Å²) >= 11 is 0. The van der Waals surface area contributed by atoms with Gasteiger partial charge < -0.3 is 14.9 Å². The Morgan fingerprint density at radius 1 is 1.38 bits per heavy atom. The number of carbonyl (C=O) groups excluding carboxylic acids is 2. The van der Waals surface area contributed by atoms with Gasteiger partial charge in [0.25, 0.3) is 0 Å². The number of aliphatic hydroxyl groups excluding tert-OH is 1. The van der Waals surface area contributed by atoms with Crippen LogP contribution >= 0.6 is 0 Å². The number of carbonyl (C=O) groups is 2. The van der Waals surface area contributed by atoms with Crippen LogP contribution in [0.1, 0.15) is 46.0 Å². The lowest BCUT2D eigenvalue weighted by Gasteiger charge is -2.32. The topological polar surface area (TPSA) is 60.9 Å². The highest BCUT2D eigenvalue weighted by Gasteiger charge is 2.39. The van der Waals surface area contributed by atoms with E-state index < -0.39 is 0 Å². The van der Waals surface area contributed by atoms with Crippen LogP contribution in [0, 0.1) is 11.8 Å². The predicted octanol–water partition coefficient (Wildman–Crippen LogP) is 1.25. The first-order valence-electron chi connectivity index (χ1n) is 8.29. The van der Waals surface area contributed by atoms with Gasteiger partial charge in [0.2, 0.25) is 11.8 Å². The molecule has 5 nitrogen and oxygen atoms in total. The molecule has 0 bridgehead atoms. The number of nitrogens with zero attached hydrogens (tertiary/aromatic N) is 2. The Balaban J connectivity index is 1.97. The van der Waals surface area contributed by atoms with Gasteiger partial charge in [0.1, 0.15) is 0 Å². The number of hydrogen-bond donors (Lipinski definition) is 1. The largest absolute Gasteiger partial charge is 0.395 e. The van der Waals surface area contributed by atoms with Crippen LogP contribution in [0.2, 0.25) is 0 Å². The standard InChI is InChI=1S/C16H28N2O3/c1-3-14(4-2)18(7-8-19)16(21)13-9-15(20)17(11-13)10-12-5-6-12/h12-14,19H,3-11H2,1-2H3. The van der Waals surface area contributed by atoms with E-state index in [4.69, 9.17) is 0 Å². The third-order valence-electron chi connectivity index (χ3n) is 4.75. The van der Waals surface area contributed by atoms with Crippen molar-refractivity contribution in [2.45, 2.75) is 52.0 Å². The van der Waals surface area contributed by atoms with Gasteiger partial charge >= 0.3 is 0 Å². The number of aliphatic hydroxyl groups is 1. The van der Waals surface area contributed by atoms with Crippen molar-refractivity contribution in [3.8, 4) is 0 Å². The zero-order valence-corrected chi connectivity index (χ0v) is 13.3. The van der Waals surface area contributed by atoms with Crippen LogP contribution in [-0.2, 0) is 9.59 Å². The molecule has 2 fully saturated rings. The molecular formula is C16H28N2O3. The lowest BCUT2D eigenvalue weighted by atomic mass is 10.0. The Morgan fingerprint density at radius 3 is 2.57 bits per heavy atom. The fraction of sp³-hybridized carbons (Fsp3) is 0.875. The molecule has 1 saturated carbocycles. The Hall–Kier alpha value is -1.10. The quantitative estimate of drug-likeness (QED) is 0.733. The van der Waals surface area contributed by atoms with Gasteiger partial charge in [-0.25, -0.2) is 0 Å². The van der Waals surface area contributed by atoms with Crippen molar-refractivity contribution in [2.24, 2.45) is 11.8 Å². The molecule has 0 aromatic heterocycles. The summed E-state index contributed by atoms with van der Waals surface area (Å²) in [5.41, 5.74) is 0. The molecule has 2 amide bonds. The second kappa shape index (κ2) is 7.25. The highest BCUT2D eigenvalue weighted by Crippen LogP contribution is 2.32. The molecule has 0 aromatic rings. The molecule has 2 rings (SSSR count). The first kappa shape index (κ1) is 16.3. The highest BCUT2D eigenvalue weighted by molar-refractivity contribution is 5.89. The van der Waals surface area contributed by atoms with Crippen LogP contribution in [-0.4, -0.2) is 59.0 Å². The SMILES string of the molecule is CCC(CC)N(CCO)C(=O)C1CC(=O)N(CC2CC2)C1. The molecular weight excluding hydrogens is 268 g/mol. The minimum atomic E-state index is -0.219. The van der Waals surface area contributed by atoms with E-state index in [2.05, 4.69) is 13.8 Å². The third kappa shape index (κ3) is 3.96. The van der Waals surface area contributed by atoms with Gasteiger partial charge in [0.15, 0.2) is 0 Å². The van der Waals surface area contributed by atoms with E-state index in [0.29, 0.717) is 25.4 Å². The van der Waals surface area contributed by atoms with E-state index >= 15 is 0 Å². The molecule has 5 heteroatoms. The minimum absolute atomic E-state index is 0.0192. The summed E-state index contributed by atoms with van der Waals surface area (Å²) in [4.78, 5) is 28.4. The van der Waals surface area contributed by atoms with E-state index in [1.54, 1.807) is 4.90 Å². The number of amides is 2. The number of rotatable bonds is 8. The second-order valence-corrected chi connectivity index (χ2v) is 6.37. The minimum Gasteiger partial charge on any atom is -0.395 e. The second-order valence-electron chi connectivity index (χ2n) is 6.37. The molecule has 0 spiro atoms. The molecule has 1 aliphatic heterocycles. The summed E-state index contributed by atoms with van der Waals surface area (Å²) in [7, 11) is 0. The maximum atomic E-state index is 12.7. The maximum absolute atomic E-state index is 12.7. The first-order chi connectivity index (χ1) is 10.1. The van der Waals surface area contributed by atoms with Crippen molar-refractivity contribution in [2.75, 3.05) is 26.2 Å². The maximum Gasteiger partial charge on any atom is 0.228 e. The number of likely N-dealkylation sites (tertiary alicyclic amines) is 1.